The van der Waals surface area contributed by atoms with Gasteiger partial charge in [0, 0.05) is 31.2 Å². The molecule has 2 aliphatic heterocycles. The maximum absolute atomic E-state index is 12.6. The predicted molar refractivity (Wildman–Crippen MR) is 141 cm³/mol. The topological polar surface area (TPSA) is 60.0 Å². The first-order valence-electron chi connectivity index (χ1n) is 13.1. The molecule has 3 aromatic carbocycles. The highest BCUT2D eigenvalue weighted by Gasteiger charge is 2.21. The van der Waals surface area contributed by atoms with Gasteiger partial charge in [-0.25, -0.2) is 0 Å². The van der Waals surface area contributed by atoms with Gasteiger partial charge in [0.1, 0.15) is 5.75 Å². The van der Waals surface area contributed by atoms with Crippen molar-refractivity contribution in [1.29, 1.82) is 0 Å². The number of nitrogens with one attached hydrogen (secondary N) is 1. The van der Waals surface area contributed by atoms with Gasteiger partial charge in [-0.3, -0.25) is 9.69 Å². The van der Waals surface area contributed by atoms with Gasteiger partial charge >= 0.3 is 0 Å². The fraction of sp³-hybridized carbons (Fsp3) is 0.433. The molecule has 0 aliphatic carbocycles. The van der Waals surface area contributed by atoms with Crippen molar-refractivity contribution in [3.8, 4) is 5.75 Å². The Balaban J connectivity index is 1.11. The number of fused-ring (bicyclic) bond motifs is 1. The van der Waals surface area contributed by atoms with E-state index in [1.54, 1.807) is 13.2 Å². The Bertz CT molecular complexity index is 1170. The second-order valence-electron chi connectivity index (χ2n) is 9.84. The summed E-state index contributed by atoms with van der Waals surface area (Å²) in [5.41, 5.74) is 3.35. The Labute approximate surface area is 213 Å². The molecular formula is C30H36N2O4. The van der Waals surface area contributed by atoms with E-state index < -0.39 is 0 Å². The summed E-state index contributed by atoms with van der Waals surface area (Å²) in [4.78, 5) is 15.1. The van der Waals surface area contributed by atoms with Crippen LogP contribution in [0.5, 0.6) is 5.75 Å². The van der Waals surface area contributed by atoms with Crippen LogP contribution in [0.1, 0.15) is 47.2 Å². The van der Waals surface area contributed by atoms with E-state index in [4.69, 9.17) is 14.2 Å². The fourth-order valence-electron chi connectivity index (χ4n) is 5.17. The van der Waals surface area contributed by atoms with Crippen molar-refractivity contribution >= 4 is 16.7 Å². The molecule has 6 nitrogen and oxygen atoms in total. The summed E-state index contributed by atoms with van der Waals surface area (Å²) >= 11 is 0. The molecule has 1 amide bonds. The summed E-state index contributed by atoms with van der Waals surface area (Å²) in [6.07, 6.45) is 4.96. The van der Waals surface area contributed by atoms with Crippen molar-refractivity contribution in [1.82, 2.24) is 10.2 Å². The van der Waals surface area contributed by atoms with Gasteiger partial charge in [0.25, 0.3) is 5.91 Å². The van der Waals surface area contributed by atoms with Crippen LogP contribution in [-0.2, 0) is 22.4 Å². The lowest BCUT2D eigenvalue weighted by molar-refractivity contribution is -0.0475. The molecule has 190 valence electrons. The number of hydrogen-bond donors (Lipinski definition) is 1. The zero-order valence-electron chi connectivity index (χ0n) is 21.1. The van der Waals surface area contributed by atoms with Crippen molar-refractivity contribution in [2.45, 2.75) is 51.0 Å². The number of rotatable bonds is 9. The largest absolute Gasteiger partial charge is 0.497 e. The highest BCUT2D eigenvalue weighted by atomic mass is 16.7. The van der Waals surface area contributed by atoms with Crippen molar-refractivity contribution in [2.24, 2.45) is 0 Å². The molecule has 2 aliphatic rings. The van der Waals surface area contributed by atoms with Crippen molar-refractivity contribution in [2.75, 3.05) is 33.4 Å². The number of piperidine rings is 1. The minimum absolute atomic E-state index is 0.0172. The van der Waals surface area contributed by atoms with Crippen molar-refractivity contribution < 1.29 is 19.0 Å². The number of carbonyl (C=O) groups is 1. The monoisotopic (exact) mass is 488 g/mol. The van der Waals surface area contributed by atoms with Crippen LogP contribution in [0.2, 0.25) is 0 Å². The number of hydrogen-bond acceptors (Lipinski definition) is 5. The van der Waals surface area contributed by atoms with Crippen LogP contribution >= 0.6 is 0 Å². The Morgan fingerprint density at radius 3 is 2.50 bits per heavy atom. The predicted octanol–water partition coefficient (Wildman–Crippen LogP) is 4.94. The van der Waals surface area contributed by atoms with Crippen molar-refractivity contribution in [3.63, 3.8) is 0 Å². The number of methoxy groups -OCH3 is 1. The molecule has 0 aromatic heterocycles. The molecule has 3 aromatic rings. The van der Waals surface area contributed by atoms with Gasteiger partial charge in [-0.05, 0) is 78.3 Å². The van der Waals surface area contributed by atoms with Gasteiger partial charge < -0.3 is 19.5 Å². The molecule has 0 atom stereocenters. The normalized spacial score (nSPS) is 17.5. The lowest BCUT2D eigenvalue weighted by Gasteiger charge is -2.32. The molecule has 0 saturated carbocycles. The van der Waals surface area contributed by atoms with Gasteiger partial charge in [-0.1, -0.05) is 36.4 Å². The minimum atomic E-state index is -0.0269. The average Bonchev–Trinajstić information content (AvgIpc) is 3.43. The maximum Gasteiger partial charge on any atom is 0.251 e. The van der Waals surface area contributed by atoms with Gasteiger partial charge in [0.2, 0.25) is 0 Å². The van der Waals surface area contributed by atoms with E-state index in [0.29, 0.717) is 11.3 Å². The minimum Gasteiger partial charge on any atom is -0.497 e. The number of nitrogens with zero attached hydrogens (tertiary/aromatic N) is 1. The Morgan fingerprint density at radius 1 is 0.972 bits per heavy atom. The van der Waals surface area contributed by atoms with Crippen LogP contribution < -0.4 is 10.1 Å². The molecule has 0 radical (unpaired) electrons. The first kappa shape index (κ1) is 24.8. The lowest BCUT2D eigenvalue weighted by Crippen LogP contribution is -2.44. The summed E-state index contributed by atoms with van der Waals surface area (Å²) in [5, 5.41) is 5.78. The van der Waals surface area contributed by atoms with E-state index >= 15 is 0 Å². The second kappa shape index (κ2) is 11.9. The van der Waals surface area contributed by atoms with Crippen LogP contribution in [0.15, 0.2) is 60.7 Å². The molecular weight excluding hydrogens is 452 g/mol. The van der Waals surface area contributed by atoms with Gasteiger partial charge in [-0.2, -0.15) is 0 Å². The number of carbonyl (C=O) groups excluding carboxylic acids is 1. The molecule has 1 N–H and O–H groups in total. The lowest BCUT2D eigenvalue weighted by atomic mass is 10.00. The van der Waals surface area contributed by atoms with E-state index in [-0.39, 0.29) is 18.2 Å². The van der Waals surface area contributed by atoms with E-state index in [9.17, 15) is 4.79 Å². The van der Waals surface area contributed by atoms with Crippen LogP contribution in [0, 0.1) is 0 Å². The van der Waals surface area contributed by atoms with Crippen LogP contribution in [0.3, 0.4) is 0 Å². The second-order valence-corrected chi connectivity index (χ2v) is 9.84. The zero-order valence-corrected chi connectivity index (χ0v) is 21.1. The standard InChI is InChI=1S/C30H36N2O4/c1-34-28-6-3-5-25(20-28)30(33)31-27-12-14-32(15-13-27)21-23-9-11-24-10-8-22(18-26(24)19-23)4-2-7-29-35-16-17-36-29/h3,5-6,8-11,18-20,27,29H,2,4,7,12-17,21H2,1H3,(H,31,33). The molecule has 0 spiro atoms. The Morgan fingerprint density at radius 2 is 1.72 bits per heavy atom. The Kier molecular flexibility index (Phi) is 8.16. The number of ether oxygens (including phenoxy) is 3. The molecule has 0 unspecified atom stereocenters. The summed E-state index contributed by atoms with van der Waals surface area (Å²) in [7, 11) is 1.62. The number of likely N-dealkylation sites (tertiary alicyclic amines) is 1. The van der Waals surface area contributed by atoms with Crippen LogP contribution in [0.4, 0.5) is 0 Å². The van der Waals surface area contributed by atoms with E-state index in [2.05, 4.69) is 46.6 Å². The maximum atomic E-state index is 12.6. The van der Waals surface area contributed by atoms with Gasteiger partial charge in [-0.15, -0.1) is 0 Å². The van der Waals surface area contributed by atoms with E-state index in [1.807, 2.05) is 18.2 Å². The summed E-state index contributed by atoms with van der Waals surface area (Å²) in [6.45, 7) is 4.34. The smallest absolute Gasteiger partial charge is 0.251 e. The van der Waals surface area contributed by atoms with E-state index in [0.717, 1.165) is 65.0 Å². The molecule has 2 saturated heterocycles. The van der Waals surface area contributed by atoms with Crippen LogP contribution in [-0.4, -0.2) is 56.6 Å². The number of amides is 1. The van der Waals surface area contributed by atoms with Crippen LogP contribution in [0.25, 0.3) is 10.8 Å². The first-order chi connectivity index (χ1) is 17.7. The third-order valence-corrected chi connectivity index (χ3v) is 7.23. The highest BCUT2D eigenvalue weighted by Crippen LogP contribution is 2.22. The van der Waals surface area contributed by atoms with E-state index in [1.165, 1.54) is 21.9 Å². The first-order valence-corrected chi connectivity index (χ1v) is 13.1. The number of aryl methyl sites for hydroxylation is 1. The average molecular weight is 489 g/mol. The molecule has 0 bridgehead atoms. The summed E-state index contributed by atoms with van der Waals surface area (Å²) in [6, 6.07) is 21.1. The fourth-order valence-corrected chi connectivity index (χ4v) is 5.17. The quantitative estimate of drug-likeness (QED) is 0.462. The van der Waals surface area contributed by atoms with Crippen molar-refractivity contribution in [3.05, 3.63) is 77.4 Å². The Hall–Kier alpha value is -2.93. The highest BCUT2D eigenvalue weighted by molar-refractivity contribution is 5.94. The molecule has 6 heteroatoms. The molecule has 5 rings (SSSR count). The number of benzene rings is 3. The van der Waals surface area contributed by atoms with Gasteiger partial charge in [0.05, 0.1) is 20.3 Å². The SMILES string of the molecule is COc1cccc(C(=O)NC2CCN(Cc3ccc4ccc(CCCC5OCCO5)cc4c3)CC2)c1. The molecule has 36 heavy (non-hydrogen) atoms. The third-order valence-electron chi connectivity index (χ3n) is 7.23. The van der Waals surface area contributed by atoms with Gasteiger partial charge in [0.15, 0.2) is 6.29 Å². The summed E-state index contributed by atoms with van der Waals surface area (Å²) in [5.74, 6) is 0.675. The third kappa shape index (κ3) is 6.44. The molecule has 2 fully saturated rings. The summed E-state index contributed by atoms with van der Waals surface area (Å²) < 4.78 is 16.3. The molecule has 2 heterocycles. The zero-order chi connectivity index (χ0) is 24.7.